The molecule has 1 heterocycles. The predicted molar refractivity (Wildman–Crippen MR) is 52.0 cm³/mol. The molecule has 1 aliphatic rings. The number of nitrogens with zero attached hydrogens (tertiary/aromatic N) is 1. The highest BCUT2D eigenvalue weighted by Gasteiger charge is 2.07. The number of benzene rings is 1. The summed E-state index contributed by atoms with van der Waals surface area (Å²) in [5.41, 5.74) is 2.63. The van der Waals surface area contributed by atoms with Gasteiger partial charge in [0.15, 0.2) is 0 Å². The summed E-state index contributed by atoms with van der Waals surface area (Å²) in [4.78, 5) is 4.01. The van der Waals surface area contributed by atoms with Gasteiger partial charge in [-0.05, 0) is 23.8 Å². The van der Waals surface area contributed by atoms with Crippen LogP contribution in [0.25, 0.3) is 5.57 Å². The highest BCUT2D eigenvalue weighted by atomic mass is 19.1. The van der Waals surface area contributed by atoms with E-state index in [-0.39, 0.29) is 5.82 Å². The van der Waals surface area contributed by atoms with Gasteiger partial charge in [0.1, 0.15) is 5.82 Å². The molecule has 0 unspecified atom stereocenters. The Bertz CT molecular complexity index is 399. The first-order chi connectivity index (χ1) is 6.27. The summed E-state index contributed by atoms with van der Waals surface area (Å²) >= 11 is 0. The highest BCUT2D eigenvalue weighted by Crippen LogP contribution is 2.25. The van der Waals surface area contributed by atoms with Crippen molar-refractivity contribution in [3.8, 4) is 0 Å². The largest absolute Gasteiger partial charge is 0.257 e. The van der Waals surface area contributed by atoms with E-state index in [1.807, 2.05) is 6.08 Å². The van der Waals surface area contributed by atoms with Gasteiger partial charge in [0.05, 0.1) is 5.70 Å². The van der Waals surface area contributed by atoms with Crippen molar-refractivity contribution in [3.05, 3.63) is 54.0 Å². The van der Waals surface area contributed by atoms with Gasteiger partial charge in [-0.2, -0.15) is 0 Å². The van der Waals surface area contributed by atoms with E-state index in [0.29, 0.717) is 0 Å². The maximum atomic E-state index is 12.6. The fourth-order valence-electron chi connectivity index (χ4n) is 1.26. The van der Waals surface area contributed by atoms with Crippen molar-refractivity contribution in [1.82, 2.24) is 0 Å². The first-order valence-electron chi connectivity index (χ1n) is 3.97. The third kappa shape index (κ3) is 1.43. The Kier molecular flexibility index (Phi) is 1.81. The summed E-state index contributed by atoms with van der Waals surface area (Å²) in [5, 5.41) is 0. The third-order valence-corrected chi connectivity index (χ3v) is 1.94. The van der Waals surface area contributed by atoms with Crippen LogP contribution in [0.15, 0.2) is 47.6 Å². The molecule has 1 aromatic rings. The molecule has 0 aliphatic carbocycles. The number of halogens is 1. The normalized spacial score (nSPS) is 14.8. The quantitative estimate of drug-likeness (QED) is 0.619. The average Bonchev–Trinajstić information content (AvgIpc) is 2.53. The van der Waals surface area contributed by atoms with Crippen LogP contribution in [0.5, 0.6) is 0 Å². The minimum Gasteiger partial charge on any atom is -0.257 e. The van der Waals surface area contributed by atoms with Gasteiger partial charge in [-0.25, -0.2) is 4.39 Å². The van der Waals surface area contributed by atoms with Crippen LogP contribution in [0, 0.1) is 5.82 Å². The van der Waals surface area contributed by atoms with Crippen LogP contribution < -0.4 is 0 Å². The van der Waals surface area contributed by atoms with Crippen LogP contribution >= 0.6 is 0 Å². The van der Waals surface area contributed by atoms with Gasteiger partial charge in [0.2, 0.25) is 0 Å². The van der Waals surface area contributed by atoms with Crippen LogP contribution in [0.4, 0.5) is 4.39 Å². The smallest absolute Gasteiger partial charge is 0.123 e. The van der Waals surface area contributed by atoms with Gasteiger partial charge in [-0.3, -0.25) is 4.99 Å². The molecule has 0 saturated heterocycles. The predicted octanol–water partition coefficient (Wildman–Crippen LogP) is 2.81. The Morgan fingerprint density at radius 1 is 1.15 bits per heavy atom. The number of allylic oxidation sites excluding steroid dienone is 2. The number of hydrogen-bond acceptors (Lipinski definition) is 1. The van der Waals surface area contributed by atoms with E-state index in [1.165, 1.54) is 12.1 Å². The zero-order chi connectivity index (χ0) is 9.26. The van der Waals surface area contributed by atoms with E-state index in [2.05, 4.69) is 11.6 Å². The van der Waals surface area contributed by atoms with Crippen molar-refractivity contribution in [2.45, 2.75) is 0 Å². The van der Waals surface area contributed by atoms with Gasteiger partial charge in [-0.1, -0.05) is 18.7 Å². The molecular formula is C11H8FN. The van der Waals surface area contributed by atoms with Gasteiger partial charge >= 0.3 is 0 Å². The van der Waals surface area contributed by atoms with Crippen molar-refractivity contribution in [2.75, 3.05) is 0 Å². The van der Waals surface area contributed by atoms with E-state index >= 15 is 0 Å². The van der Waals surface area contributed by atoms with Crippen molar-refractivity contribution in [3.63, 3.8) is 0 Å². The van der Waals surface area contributed by atoms with Gasteiger partial charge < -0.3 is 0 Å². The van der Waals surface area contributed by atoms with Gasteiger partial charge in [0, 0.05) is 11.8 Å². The second-order valence-electron chi connectivity index (χ2n) is 2.81. The lowest BCUT2D eigenvalue weighted by atomic mass is 10.1. The summed E-state index contributed by atoms with van der Waals surface area (Å²) in [5.74, 6) is -0.228. The first-order valence-corrected chi connectivity index (χ1v) is 3.97. The Labute approximate surface area is 75.9 Å². The lowest BCUT2D eigenvalue weighted by molar-refractivity contribution is 0.627. The monoisotopic (exact) mass is 173 g/mol. The van der Waals surface area contributed by atoms with Crippen LogP contribution in [0.1, 0.15) is 5.56 Å². The second kappa shape index (κ2) is 2.98. The van der Waals surface area contributed by atoms with Crippen molar-refractivity contribution >= 4 is 11.8 Å². The van der Waals surface area contributed by atoms with Crippen molar-refractivity contribution in [2.24, 2.45) is 4.99 Å². The zero-order valence-corrected chi connectivity index (χ0v) is 7.00. The molecule has 1 nitrogen and oxygen atoms in total. The minimum absolute atomic E-state index is 0.228. The fourth-order valence-corrected chi connectivity index (χ4v) is 1.26. The molecule has 1 aliphatic heterocycles. The molecule has 0 aromatic heterocycles. The Balaban J connectivity index is 2.38. The average molecular weight is 173 g/mol. The van der Waals surface area contributed by atoms with E-state index in [9.17, 15) is 4.39 Å². The zero-order valence-electron chi connectivity index (χ0n) is 7.00. The molecule has 64 valence electrons. The van der Waals surface area contributed by atoms with Crippen molar-refractivity contribution in [1.29, 1.82) is 0 Å². The fraction of sp³-hybridized carbons (Fsp3) is 0. The number of rotatable bonds is 1. The van der Waals surface area contributed by atoms with Crippen LogP contribution in [0.2, 0.25) is 0 Å². The summed E-state index contributed by atoms with van der Waals surface area (Å²) < 4.78 is 12.6. The number of hydrogen-bond donors (Lipinski definition) is 0. The van der Waals surface area contributed by atoms with Crippen LogP contribution in [-0.4, -0.2) is 6.21 Å². The summed E-state index contributed by atoms with van der Waals surface area (Å²) in [6, 6.07) is 6.31. The molecule has 0 radical (unpaired) electrons. The van der Waals surface area contributed by atoms with Crippen molar-refractivity contribution < 1.29 is 4.39 Å². The molecule has 0 spiro atoms. The molecule has 0 saturated carbocycles. The Morgan fingerprint density at radius 3 is 2.38 bits per heavy atom. The van der Waals surface area contributed by atoms with Crippen LogP contribution in [-0.2, 0) is 0 Å². The molecular weight excluding hydrogens is 165 g/mol. The van der Waals surface area contributed by atoms with Crippen LogP contribution in [0.3, 0.4) is 0 Å². The summed E-state index contributed by atoms with van der Waals surface area (Å²) in [6.45, 7) is 3.77. The molecule has 2 heteroatoms. The Morgan fingerprint density at radius 2 is 1.85 bits per heavy atom. The maximum Gasteiger partial charge on any atom is 0.123 e. The molecule has 0 bridgehead atoms. The number of aliphatic imine (C=N–C) groups is 1. The molecule has 13 heavy (non-hydrogen) atoms. The molecule has 2 rings (SSSR count). The standard InChI is InChI=1S/C11H8FN/c1-8-11(6-7-13-8)9-2-4-10(12)5-3-9/h2-7H,1H2. The summed E-state index contributed by atoms with van der Waals surface area (Å²) in [6.07, 6.45) is 3.57. The minimum atomic E-state index is -0.228. The molecule has 0 atom stereocenters. The maximum absolute atomic E-state index is 12.6. The third-order valence-electron chi connectivity index (χ3n) is 1.94. The van der Waals surface area contributed by atoms with Gasteiger partial charge in [-0.15, -0.1) is 0 Å². The second-order valence-corrected chi connectivity index (χ2v) is 2.81. The van der Waals surface area contributed by atoms with Gasteiger partial charge in [0.25, 0.3) is 0 Å². The van der Waals surface area contributed by atoms with E-state index in [1.54, 1.807) is 18.3 Å². The SMILES string of the molecule is C=C1N=CC=C1c1ccc(F)cc1. The highest BCUT2D eigenvalue weighted by molar-refractivity contribution is 5.96. The summed E-state index contributed by atoms with van der Waals surface area (Å²) in [7, 11) is 0. The molecule has 0 fully saturated rings. The lowest BCUT2D eigenvalue weighted by Crippen LogP contribution is -1.83. The molecule has 1 aromatic carbocycles. The molecule has 0 amide bonds. The lowest BCUT2D eigenvalue weighted by Gasteiger charge is -2.01. The van der Waals surface area contributed by atoms with E-state index in [0.717, 1.165) is 16.8 Å². The topological polar surface area (TPSA) is 12.4 Å². The molecule has 0 N–H and O–H groups in total. The first kappa shape index (κ1) is 7.92. The van der Waals surface area contributed by atoms with E-state index in [4.69, 9.17) is 0 Å². The Hall–Kier alpha value is -1.70. The van der Waals surface area contributed by atoms with E-state index < -0.39 is 0 Å².